The van der Waals surface area contributed by atoms with Gasteiger partial charge in [-0.1, -0.05) is 34.8 Å². The van der Waals surface area contributed by atoms with Crippen LogP contribution < -0.4 is 15.5 Å². The number of nitrogens with one attached hydrogen (secondary N) is 2. The van der Waals surface area contributed by atoms with Crippen LogP contribution in [0.3, 0.4) is 0 Å². The molecule has 36 heavy (non-hydrogen) atoms. The molecular formula is C25H16Cl3N3O5. The lowest BCUT2D eigenvalue weighted by Crippen LogP contribution is -2.32. The van der Waals surface area contributed by atoms with Gasteiger partial charge in [-0.3, -0.25) is 14.4 Å². The van der Waals surface area contributed by atoms with Gasteiger partial charge in [0.15, 0.2) is 0 Å². The average molecular weight is 545 g/mol. The molecule has 0 saturated carbocycles. The lowest BCUT2D eigenvalue weighted by molar-refractivity contribution is -0.120. The zero-order valence-corrected chi connectivity index (χ0v) is 20.7. The minimum atomic E-state index is -0.734. The number of benzene rings is 3. The standard InChI is InChI=1S/C25H16Cl3N3O5/c1-36-25(35)14-4-9-17(10-5-14)30-22(32)13-2-7-16(8-3-13)29-21-20(28)23(33)31(24(21)34)19-11-6-15(26)12-18(19)27/h2-12,29H,1H3,(H,30,32). The first-order valence-electron chi connectivity index (χ1n) is 10.3. The highest BCUT2D eigenvalue weighted by molar-refractivity contribution is 6.54. The summed E-state index contributed by atoms with van der Waals surface area (Å²) < 4.78 is 4.65. The summed E-state index contributed by atoms with van der Waals surface area (Å²) in [5.41, 5.74) is 1.63. The van der Waals surface area contributed by atoms with Crippen molar-refractivity contribution in [2.45, 2.75) is 0 Å². The van der Waals surface area contributed by atoms with Gasteiger partial charge in [0.05, 0.1) is 23.4 Å². The summed E-state index contributed by atoms with van der Waals surface area (Å²) in [7, 11) is 1.28. The number of imide groups is 1. The normalized spacial score (nSPS) is 13.2. The number of carbonyl (C=O) groups excluding carboxylic acids is 4. The first kappa shape index (κ1) is 25.2. The van der Waals surface area contributed by atoms with Gasteiger partial charge < -0.3 is 15.4 Å². The molecule has 0 fully saturated rings. The van der Waals surface area contributed by atoms with Crippen LogP contribution in [-0.4, -0.2) is 30.8 Å². The van der Waals surface area contributed by atoms with Crippen LogP contribution in [0.15, 0.2) is 77.5 Å². The van der Waals surface area contributed by atoms with Crippen LogP contribution in [0.1, 0.15) is 20.7 Å². The van der Waals surface area contributed by atoms with Gasteiger partial charge in [-0.05, 0) is 66.7 Å². The molecule has 4 rings (SSSR count). The fourth-order valence-electron chi connectivity index (χ4n) is 3.35. The van der Waals surface area contributed by atoms with E-state index in [2.05, 4.69) is 15.4 Å². The molecule has 8 nitrogen and oxygen atoms in total. The number of methoxy groups -OCH3 is 1. The number of halogens is 3. The predicted molar refractivity (Wildman–Crippen MR) is 138 cm³/mol. The van der Waals surface area contributed by atoms with Gasteiger partial charge in [0.2, 0.25) is 0 Å². The molecule has 0 unspecified atom stereocenters. The Morgan fingerprint density at radius 1 is 0.806 bits per heavy atom. The second kappa shape index (κ2) is 10.4. The minimum absolute atomic E-state index is 0.116. The zero-order chi connectivity index (χ0) is 26.0. The maximum Gasteiger partial charge on any atom is 0.337 e. The molecule has 0 aliphatic carbocycles. The molecule has 0 saturated heterocycles. The number of amides is 3. The van der Waals surface area contributed by atoms with Crippen molar-refractivity contribution in [1.29, 1.82) is 0 Å². The maximum absolute atomic E-state index is 12.9. The largest absolute Gasteiger partial charge is 0.465 e. The summed E-state index contributed by atoms with van der Waals surface area (Å²) in [6, 6.07) is 16.8. The van der Waals surface area contributed by atoms with E-state index in [1.165, 1.54) is 49.6 Å². The number of ether oxygens (including phenoxy) is 1. The molecule has 0 spiro atoms. The molecule has 0 bridgehead atoms. The number of carbonyl (C=O) groups is 4. The van der Waals surface area contributed by atoms with Crippen molar-refractivity contribution >= 4 is 75.6 Å². The zero-order valence-electron chi connectivity index (χ0n) is 18.5. The van der Waals surface area contributed by atoms with E-state index in [9.17, 15) is 19.2 Å². The second-order valence-corrected chi connectivity index (χ2v) is 8.68. The molecule has 0 radical (unpaired) electrons. The summed E-state index contributed by atoms with van der Waals surface area (Å²) in [5.74, 6) is -2.29. The van der Waals surface area contributed by atoms with Gasteiger partial charge in [0, 0.05) is 22.0 Å². The van der Waals surface area contributed by atoms with Crippen molar-refractivity contribution in [1.82, 2.24) is 0 Å². The highest BCUT2D eigenvalue weighted by Crippen LogP contribution is 2.35. The molecule has 3 amide bonds. The van der Waals surface area contributed by atoms with Crippen LogP contribution in [0.2, 0.25) is 10.0 Å². The summed E-state index contributed by atoms with van der Waals surface area (Å²) >= 11 is 18.2. The van der Waals surface area contributed by atoms with Crippen molar-refractivity contribution in [3.05, 3.63) is 98.6 Å². The summed E-state index contributed by atoms with van der Waals surface area (Å²) in [6.45, 7) is 0. The van der Waals surface area contributed by atoms with E-state index in [0.29, 0.717) is 27.5 Å². The molecule has 2 N–H and O–H groups in total. The Hall–Kier alpha value is -3.85. The fourth-order valence-corrected chi connectivity index (χ4v) is 4.06. The molecule has 1 aliphatic rings. The van der Waals surface area contributed by atoms with E-state index in [-0.39, 0.29) is 27.3 Å². The molecule has 182 valence electrons. The topological polar surface area (TPSA) is 105 Å². The average Bonchev–Trinajstić information content (AvgIpc) is 3.07. The third kappa shape index (κ3) is 5.06. The van der Waals surface area contributed by atoms with Crippen molar-refractivity contribution in [2.75, 3.05) is 22.6 Å². The second-order valence-electron chi connectivity index (χ2n) is 7.46. The molecule has 3 aromatic carbocycles. The number of nitrogens with zero attached hydrogens (tertiary/aromatic N) is 1. The molecule has 11 heteroatoms. The van der Waals surface area contributed by atoms with Crippen LogP contribution in [0.4, 0.5) is 17.1 Å². The Bertz CT molecular complexity index is 1420. The van der Waals surface area contributed by atoms with Crippen LogP contribution >= 0.6 is 34.8 Å². The minimum Gasteiger partial charge on any atom is -0.465 e. The monoisotopic (exact) mass is 543 g/mol. The third-order valence-electron chi connectivity index (χ3n) is 5.16. The van der Waals surface area contributed by atoms with E-state index in [0.717, 1.165) is 4.90 Å². The van der Waals surface area contributed by atoms with Crippen molar-refractivity contribution in [3.8, 4) is 0 Å². The lowest BCUT2D eigenvalue weighted by atomic mass is 10.1. The smallest absolute Gasteiger partial charge is 0.337 e. The Kier molecular flexibility index (Phi) is 7.30. The first-order chi connectivity index (χ1) is 17.2. The summed E-state index contributed by atoms with van der Waals surface area (Å²) in [4.78, 5) is 50.5. The Labute approximate surface area is 220 Å². The fraction of sp³-hybridized carbons (Fsp3) is 0.0400. The molecule has 0 atom stereocenters. The van der Waals surface area contributed by atoms with Crippen molar-refractivity contribution < 1.29 is 23.9 Å². The molecule has 1 heterocycles. The van der Waals surface area contributed by atoms with Gasteiger partial charge in [-0.15, -0.1) is 0 Å². The number of hydrogen-bond acceptors (Lipinski definition) is 6. The van der Waals surface area contributed by atoms with Crippen LogP contribution in [0.5, 0.6) is 0 Å². The van der Waals surface area contributed by atoms with Gasteiger partial charge in [0.25, 0.3) is 17.7 Å². The van der Waals surface area contributed by atoms with Crippen LogP contribution in [0.25, 0.3) is 0 Å². The highest BCUT2D eigenvalue weighted by atomic mass is 35.5. The van der Waals surface area contributed by atoms with Gasteiger partial charge >= 0.3 is 5.97 Å². The molecule has 3 aromatic rings. The number of rotatable bonds is 6. The predicted octanol–water partition coefficient (Wildman–Crippen LogP) is 5.47. The quantitative estimate of drug-likeness (QED) is 0.315. The van der Waals surface area contributed by atoms with E-state index in [1.54, 1.807) is 24.3 Å². The first-order valence-corrected chi connectivity index (χ1v) is 11.4. The third-order valence-corrected chi connectivity index (χ3v) is 6.05. The van der Waals surface area contributed by atoms with Crippen LogP contribution in [0, 0.1) is 0 Å². The number of esters is 1. The SMILES string of the molecule is COC(=O)c1ccc(NC(=O)c2ccc(NC3=C(Cl)C(=O)N(c4ccc(Cl)cc4Cl)C3=O)cc2)cc1. The lowest BCUT2D eigenvalue weighted by Gasteiger charge is -2.16. The van der Waals surface area contributed by atoms with Crippen molar-refractivity contribution in [2.24, 2.45) is 0 Å². The molecular weight excluding hydrogens is 529 g/mol. The maximum atomic E-state index is 12.9. The van der Waals surface area contributed by atoms with E-state index in [1.807, 2.05) is 0 Å². The summed E-state index contributed by atoms with van der Waals surface area (Å²) in [5, 5.41) is 5.71. The van der Waals surface area contributed by atoms with Gasteiger partial charge in [-0.25, -0.2) is 9.69 Å². The van der Waals surface area contributed by atoms with E-state index < -0.39 is 17.8 Å². The van der Waals surface area contributed by atoms with E-state index >= 15 is 0 Å². The Balaban J connectivity index is 1.45. The molecule has 1 aliphatic heterocycles. The summed E-state index contributed by atoms with van der Waals surface area (Å²) in [6.07, 6.45) is 0. The molecule has 0 aromatic heterocycles. The number of hydrogen-bond donors (Lipinski definition) is 2. The Morgan fingerprint density at radius 3 is 2.03 bits per heavy atom. The van der Waals surface area contributed by atoms with Gasteiger partial charge in [-0.2, -0.15) is 0 Å². The van der Waals surface area contributed by atoms with Crippen LogP contribution in [-0.2, 0) is 14.3 Å². The highest BCUT2D eigenvalue weighted by Gasteiger charge is 2.39. The Morgan fingerprint density at radius 2 is 1.42 bits per heavy atom. The number of anilines is 3. The van der Waals surface area contributed by atoms with E-state index in [4.69, 9.17) is 34.8 Å². The van der Waals surface area contributed by atoms with Gasteiger partial charge in [0.1, 0.15) is 10.7 Å². The van der Waals surface area contributed by atoms with Crippen molar-refractivity contribution in [3.63, 3.8) is 0 Å².